The number of carbonyl (C=O) groups excluding carboxylic acids is 1. The third kappa shape index (κ3) is 1.99. The minimum atomic E-state index is -0.0266. The summed E-state index contributed by atoms with van der Waals surface area (Å²) in [5.41, 5.74) is 2.31. The number of rotatable bonds is 1. The lowest BCUT2D eigenvalue weighted by molar-refractivity contribution is 0.171. The zero-order chi connectivity index (χ0) is 13.2. The largest absolute Gasteiger partial charge is 0.348 e. The van der Waals surface area contributed by atoms with Crippen LogP contribution < -0.4 is 5.32 Å². The van der Waals surface area contributed by atoms with Crippen molar-refractivity contribution < 1.29 is 4.79 Å². The zero-order valence-corrected chi connectivity index (χ0v) is 10.9. The molecule has 0 unspecified atom stereocenters. The number of fused-ring (bicyclic) bond motifs is 1. The van der Waals surface area contributed by atoms with Gasteiger partial charge in [-0.2, -0.15) is 0 Å². The van der Waals surface area contributed by atoms with Gasteiger partial charge >= 0.3 is 6.03 Å². The van der Waals surface area contributed by atoms with E-state index in [0.29, 0.717) is 0 Å². The van der Waals surface area contributed by atoms with E-state index in [1.807, 2.05) is 29.2 Å². The van der Waals surface area contributed by atoms with E-state index in [-0.39, 0.29) is 12.1 Å². The van der Waals surface area contributed by atoms with E-state index in [9.17, 15) is 4.79 Å². The monoisotopic (exact) mass is 255 g/mol. The molecule has 1 aromatic carbocycles. The summed E-state index contributed by atoms with van der Waals surface area (Å²) in [6.07, 6.45) is 2.08. The molecule has 1 atom stereocenters. The van der Waals surface area contributed by atoms with E-state index < -0.39 is 0 Å². The number of aromatic nitrogens is 1. The summed E-state index contributed by atoms with van der Waals surface area (Å²) in [5, 5.41) is 2.74. The molecule has 1 aromatic heterocycles. The summed E-state index contributed by atoms with van der Waals surface area (Å²) in [7, 11) is 1.68. The molecule has 98 valence electrons. The summed E-state index contributed by atoms with van der Waals surface area (Å²) in [5.74, 6) is 0. The van der Waals surface area contributed by atoms with Gasteiger partial charge in [0, 0.05) is 32.0 Å². The third-order valence-electron chi connectivity index (χ3n) is 3.63. The molecule has 1 aliphatic heterocycles. The number of hydrogen-bond acceptors (Lipinski definition) is 1. The Bertz CT molecular complexity index is 576. The molecule has 4 nitrogen and oxygen atoms in total. The molecule has 0 saturated heterocycles. The van der Waals surface area contributed by atoms with Crippen molar-refractivity contribution in [3.63, 3.8) is 0 Å². The van der Waals surface area contributed by atoms with Crippen LogP contribution in [0, 0.1) is 0 Å². The van der Waals surface area contributed by atoms with Crippen LogP contribution in [0.2, 0.25) is 0 Å². The topological polar surface area (TPSA) is 37.3 Å². The van der Waals surface area contributed by atoms with Crippen LogP contribution in [0.1, 0.15) is 17.3 Å². The van der Waals surface area contributed by atoms with Crippen LogP contribution >= 0.6 is 0 Å². The predicted molar refractivity (Wildman–Crippen MR) is 73.9 cm³/mol. The first-order chi connectivity index (χ1) is 9.31. The average molecular weight is 255 g/mol. The van der Waals surface area contributed by atoms with Gasteiger partial charge in [0.2, 0.25) is 0 Å². The molecule has 0 fully saturated rings. The molecule has 2 heterocycles. The maximum atomic E-state index is 12.1. The van der Waals surface area contributed by atoms with Gasteiger partial charge in [-0.1, -0.05) is 30.3 Å². The zero-order valence-electron chi connectivity index (χ0n) is 10.9. The summed E-state index contributed by atoms with van der Waals surface area (Å²) >= 11 is 0. The van der Waals surface area contributed by atoms with E-state index in [0.717, 1.165) is 18.7 Å². The first-order valence-electron chi connectivity index (χ1n) is 6.49. The van der Waals surface area contributed by atoms with Crippen molar-refractivity contribution in [1.29, 1.82) is 0 Å². The van der Waals surface area contributed by atoms with Crippen LogP contribution in [0.4, 0.5) is 4.79 Å². The van der Waals surface area contributed by atoms with E-state index in [4.69, 9.17) is 0 Å². The molecule has 0 bridgehead atoms. The minimum Gasteiger partial charge on any atom is -0.348 e. The highest BCUT2D eigenvalue weighted by molar-refractivity contribution is 5.75. The highest BCUT2D eigenvalue weighted by atomic mass is 16.2. The fourth-order valence-electron chi connectivity index (χ4n) is 2.73. The number of urea groups is 1. The highest BCUT2D eigenvalue weighted by Gasteiger charge is 2.31. The van der Waals surface area contributed by atoms with Crippen molar-refractivity contribution in [2.75, 3.05) is 13.6 Å². The summed E-state index contributed by atoms with van der Waals surface area (Å²) < 4.78 is 2.22. The van der Waals surface area contributed by atoms with Crippen LogP contribution in [0.5, 0.6) is 0 Å². The maximum absolute atomic E-state index is 12.1. The predicted octanol–water partition coefficient (Wildman–Crippen LogP) is 2.23. The SMILES string of the molecule is CNC(=O)N1CCn2cccc2[C@@H]1c1ccccc1. The Labute approximate surface area is 112 Å². The Kier molecular flexibility index (Phi) is 2.99. The molecule has 0 spiro atoms. The molecule has 0 aliphatic carbocycles. The van der Waals surface area contributed by atoms with Gasteiger partial charge in [0.15, 0.2) is 0 Å². The van der Waals surface area contributed by atoms with Crippen molar-refractivity contribution >= 4 is 6.03 Å². The highest BCUT2D eigenvalue weighted by Crippen LogP contribution is 2.32. The summed E-state index contributed by atoms with van der Waals surface area (Å²) in [6, 6.07) is 14.3. The van der Waals surface area contributed by atoms with Crippen molar-refractivity contribution in [3.05, 3.63) is 59.9 Å². The average Bonchev–Trinajstić information content (AvgIpc) is 2.94. The molecule has 1 N–H and O–H groups in total. The lowest BCUT2D eigenvalue weighted by Gasteiger charge is -2.37. The Morgan fingerprint density at radius 3 is 2.68 bits per heavy atom. The first-order valence-corrected chi connectivity index (χ1v) is 6.49. The fraction of sp³-hybridized carbons (Fsp3) is 0.267. The maximum Gasteiger partial charge on any atom is 0.318 e. The molecule has 2 aromatic rings. The lowest BCUT2D eigenvalue weighted by Crippen LogP contribution is -2.46. The van der Waals surface area contributed by atoms with Gasteiger partial charge in [0.25, 0.3) is 0 Å². The van der Waals surface area contributed by atoms with Crippen molar-refractivity contribution in [3.8, 4) is 0 Å². The number of hydrogen-bond donors (Lipinski definition) is 1. The molecular weight excluding hydrogens is 238 g/mol. The van der Waals surface area contributed by atoms with Crippen LogP contribution in [0.25, 0.3) is 0 Å². The molecule has 4 heteroatoms. The van der Waals surface area contributed by atoms with Gasteiger partial charge in [-0.15, -0.1) is 0 Å². The fourth-order valence-corrected chi connectivity index (χ4v) is 2.73. The normalized spacial score (nSPS) is 17.9. The van der Waals surface area contributed by atoms with Crippen LogP contribution in [0.3, 0.4) is 0 Å². The van der Waals surface area contributed by atoms with Gasteiger partial charge in [-0.25, -0.2) is 4.79 Å². The van der Waals surface area contributed by atoms with Gasteiger partial charge < -0.3 is 14.8 Å². The van der Waals surface area contributed by atoms with Crippen LogP contribution in [0.15, 0.2) is 48.7 Å². The molecule has 1 aliphatic rings. The number of benzene rings is 1. The van der Waals surface area contributed by atoms with Crippen molar-refractivity contribution in [2.24, 2.45) is 0 Å². The molecule has 3 rings (SSSR count). The number of amides is 2. The molecular formula is C15H17N3O. The third-order valence-corrected chi connectivity index (χ3v) is 3.63. The van der Waals surface area contributed by atoms with Crippen LogP contribution in [-0.4, -0.2) is 29.1 Å². The van der Waals surface area contributed by atoms with Gasteiger partial charge in [-0.3, -0.25) is 0 Å². The molecule has 19 heavy (non-hydrogen) atoms. The molecule has 0 saturated carbocycles. The Balaban J connectivity index is 2.07. The lowest BCUT2D eigenvalue weighted by atomic mass is 10.0. The smallest absolute Gasteiger partial charge is 0.318 e. The van der Waals surface area contributed by atoms with E-state index in [2.05, 4.69) is 34.3 Å². The number of nitrogens with zero attached hydrogens (tertiary/aromatic N) is 2. The Morgan fingerprint density at radius 2 is 1.95 bits per heavy atom. The quantitative estimate of drug-likeness (QED) is 0.833. The summed E-state index contributed by atoms with van der Waals surface area (Å²) in [6.45, 7) is 1.57. The van der Waals surface area contributed by atoms with Crippen molar-refractivity contribution in [1.82, 2.24) is 14.8 Å². The second-order valence-corrected chi connectivity index (χ2v) is 4.69. The van der Waals surface area contributed by atoms with E-state index >= 15 is 0 Å². The summed E-state index contributed by atoms with van der Waals surface area (Å²) in [4.78, 5) is 14.0. The van der Waals surface area contributed by atoms with Gasteiger partial charge in [0.1, 0.15) is 0 Å². The van der Waals surface area contributed by atoms with Crippen LogP contribution in [-0.2, 0) is 6.54 Å². The number of carbonyl (C=O) groups is 1. The first kappa shape index (κ1) is 11.8. The Morgan fingerprint density at radius 1 is 1.16 bits per heavy atom. The second kappa shape index (κ2) is 4.80. The minimum absolute atomic E-state index is 0.00935. The van der Waals surface area contributed by atoms with E-state index in [1.54, 1.807) is 7.05 Å². The molecule has 0 radical (unpaired) electrons. The standard InChI is InChI=1S/C15H17N3O/c1-16-15(19)18-11-10-17-9-5-8-13(17)14(18)12-6-3-2-4-7-12/h2-9,14H,10-11H2,1H3,(H,16,19)/t14-/m0/s1. The van der Waals surface area contributed by atoms with Crippen molar-refractivity contribution in [2.45, 2.75) is 12.6 Å². The van der Waals surface area contributed by atoms with Gasteiger partial charge in [-0.05, 0) is 17.7 Å². The number of nitrogens with one attached hydrogen (secondary N) is 1. The second-order valence-electron chi connectivity index (χ2n) is 4.69. The molecule has 2 amide bonds. The Hall–Kier alpha value is -2.23. The van der Waals surface area contributed by atoms with Gasteiger partial charge in [0.05, 0.1) is 6.04 Å². The van der Waals surface area contributed by atoms with E-state index in [1.165, 1.54) is 5.69 Å².